The number of amides is 1. The van der Waals surface area contributed by atoms with Crippen LogP contribution >= 0.6 is 15.9 Å². The van der Waals surface area contributed by atoms with Gasteiger partial charge >= 0.3 is 0 Å². The molecule has 1 N–H and O–H groups in total. The van der Waals surface area contributed by atoms with Gasteiger partial charge < -0.3 is 10.2 Å². The number of nitrogens with one attached hydrogen (secondary N) is 1. The molecule has 1 saturated heterocycles. The Labute approximate surface area is 150 Å². The Morgan fingerprint density at radius 2 is 1.88 bits per heavy atom. The van der Waals surface area contributed by atoms with Crippen molar-refractivity contribution in [1.82, 2.24) is 19.6 Å². The van der Waals surface area contributed by atoms with Crippen molar-refractivity contribution in [2.24, 2.45) is 0 Å². The molecule has 0 unspecified atom stereocenters. The third kappa shape index (κ3) is 5.67. The number of alkyl halides is 1. The van der Waals surface area contributed by atoms with Crippen LogP contribution in [0.15, 0.2) is 18.5 Å². The summed E-state index contributed by atoms with van der Waals surface area (Å²) in [6.45, 7) is 2.06. The lowest BCUT2D eigenvalue weighted by Gasteiger charge is -2.33. The number of rotatable bonds is 8. The molecule has 0 atom stereocenters. The van der Waals surface area contributed by atoms with Crippen LogP contribution in [0.5, 0.6) is 0 Å². The van der Waals surface area contributed by atoms with Crippen LogP contribution in [0.3, 0.4) is 0 Å². The number of carbonyl (C=O) groups excluding carboxylic acids is 1. The maximum Gasteiger partial charge on any atom is 0.225 e. The van der Waals surface area contributed by atoms with E-state index in [9.17, 15) is 13.2 Å². The van der Waals surface area contributed by atoms with Gasteiger partial charge in [0.15, 0.2) is 0 Å². The number of piperazine rings is 1. The number of carbonyl (C=O) groups is 1. The number of aromatic nitrogens is 2. The van der Waals surface area contributed by atoms with Crippen molar-refractivity contribution in [2.75, 3.05) is 48.7 Å². The SMILES string of the molecule is O=C(CCCBr)NCCS(=O)(=O)N1CCN(c2ncccn2)CC1. The molecule has 24 heavy (non-hydrogen) atoms. The lowest BCUT2D eigenvalue weighted by molar-refractivity contribution is -0.120. The summed E-state index contributed by atoms with van der Waals surface area (Å²) in [5.74, 6) is 0.429. The molecule has 2 rings (SSSR count). The maximum absolute atomic E-state index is 12.3. The zero-order chi connectivity index (χ0) is 17.4. The second-order valence-electron chi connectivity index (χ2n) is 5.39. The molecular weight excluding hydrogens is 398 g/mol. The van der Waals surface area contributed by atoms with Crippen molar-refractivity contribution < 1.29 is 13.2 Å². The van der Waals surface area contributed by atoms with Crippen LogP contribution in [0.4, 0.5) is 5.95 Å². The zero-order valence-corrected chi connectivity index (χ0v) is 15.8. The minimum absolute atomic E-state index is 0.0745. The number of nitrogens with zero attached hydrogens (tertiary/aromatic N) is 4. The molecule has 0 saturated carbocycles. The van der Waals surface area contributed by atoms with Gasteiger partial charge in [-0.05, 0) is 12.5 Å². The number of halogens is 1. The fourth-order valence-electron chi connectivity index (χ4n) is 2.39. The van der Waals surface area contributed by atoms with E-state index in [0.717, 1.165) is 11.8 Å². The van der Waals surface area contributed by atoms with Crippen molar-refractivity contribution in [3.8, 4) is 0 Å². The van der Waals surface area contributed by atoms with Crippen LogP contribution in [0.1, 0.15) is 12.8 Å². The highest BCUT2D eigenvalue weighted by Gasteiger charge is 2.27. The van der Waals surface area contributed by atoms with E-state index in [4.69, 9.17) is 0 Å². The molecule has 1 aromatic heterocycles. The summed E-state index contributed by atoms with van der Waals surface area (Å²) in [5, 5.41) is 3.41. The van der Waals surface area contributed by atoms with E-state index >= 15 is 0 Å². The van der Waals surface area contributed by atoms with Crippen LogP contribution in [0, 0.1) is 0 Å². The van der Waals surface area contributed by atoms with Gasteiger partial charge in [0, 0.05) is 56.9 Å². The number of hydrogen-bond acceptors (Lipinski definition) is 6. The van der Waals surface area contributed by atoms with Crippen molar-refractivity contribution >= 4 is 37.8 Å². The fraction of sp³-hybridized carbons (Fsp3) is 0.643. The van der Waals surface area contributed by atoms with Crippen molar-refractivity contribution in [3.63, 3.8) is 0 Å². The van der Waals surface area contributed by atoms with E-state index in [1.54, 1.807) is 18.5 Å². The predicted octanol–water partition coefficient (Wildman–Crippen LogP) is 0.220. The molecule has 0 radical (unpaired) electrons. The molecule has 0 aromatic carbocycles. The summed E-state index contributed by atoms with van der Waals surface area (Å²) in [5.41, 5.74) is 0. The van der Waals surface area contributed by atoms with Gasteiger partial charge in [0.05, 0.1) is 5.75 Å². The van der Waals surface area contributed by atoms with E-state index in [1.807, 2.05) is 4.90 Å². The average molecular weight is 420 g/mol. The predicted molar refractivity (Wildman–Crippen MR) is 95.6 cm³/mol. The van der Waals surface area contributed by atoms with E-state index in [2.05, 4.69) is 31.2 Å². The third-order valence-electron chi connectivity index (χ3n) is 3.69. The Bertz CT molecular complexity index is 621. The maximum atomic E-state index is 12.3. The third-order valence-corrected chi connectivity index (χ3v) is 6.12. The molecule has 0 aliphatic carbocycles. The van der Waals surface area contributed by atoms with Gasteiger partial charge in [-0.25, -0.2) is 18.4 Å². The second-order valence-corrected chi connectivity index (χ2v) is 8.27. The summed E-state index contributed by atoms with van der Waals surface area (Å²) in [4.78, 5) is 21.8. The summed E-state index contributed by atoms with van der Waals surface area (Å²) in [6, 6.07) is 1.75. The Morgan fingerprint density at radius 1 is 1.21 bits per heavy atom. The highest BCUT2D eigenvalue weighted by Crippen LogP contribution is 2.12. The standard InChI is InChI=1S/C14H22BrN5O3S/c15-4-1-3-13(21)16-7-12-24(22,23)20-10-8-19(9-11-20)14-17-5-2-6-18-14/h2,5-6H,1,3-4,7-12H2,(H,16,21). The summed E-state index contributed by atoms with van der Waals surface area (Å²) in [7, 11) is -3.36. The van der Waals surface area contributed by atoms with Crippen LogP contribution in [-0.2, 0) is 14.8 Å². The van der Waals surface area contributed by atoms with E-state index in [-0.39, 0.29) is 18.2 Å². The van der Waals surface area contributed by atoms with Crippen molar-refractivity contribution in [1.29, 1.82) is 0 Å². The molecule has 8 nitrogen and oxygen atoms in total. The number of hydrogen-bond donors (Lipinski definition) is 1. The van der Waals surface area contributed by atoms with Gasteiger partial charge in [-0.1, -0.05) is 15.9 Å². The molecule has 2 heterocycles. The Morgan fingerprint density at radius 3 is 2.50 bits per heavy atom. The van der Waals surface area contributed by atoms with Gasteiger partial charge in [-0.3, -0.25) is 4.79 Å². The van der Waals surface area contributed by atoms with Crippen molar-refractivity contribution in [2.45, 2.75) is 12.8 Å². The summed E-state index contributed by atoms with van der Waals surface area (Å²) >= 11 is 3.26. The quantitative estimate of drug-likeness (QED) is 0.605. The van der Waals surface area contributed by atoms with E-state index in [1.165, 1.54) is 4.31 Å². The molecule has 1 aliphatic heterocycles. The lowest BCUT2D eigenvalue weighted by Crippen LogP contribution is -2.50. The zero-order valence-electron chi connectivity index (χ0n) is 13.4. The summed E-state index contributed by atoms with van der Waals surface area (Å²) < 4.78 is 26.2. The monoisotopic (exact) mass is 419 g/mol. The Kier molecular flexibility index (Phi) is 7.38. The highest BCUT2D eigenvalue weighted by molar-refractivity contribution is 9.09. The van der Waals surface area contributed by atoms with Crippen molar-refractivity contribution in [3.05, 3.63) is 18.5 Å². The molecule has 134 valence electrons. The van der Waals surface area contributed by atoms with Gasteiger partial charge in [0.25, 0.3) is 0 Å². The summed E-state index contributed by atoms with van der Waals surface area (Å²) in [6.07, 6.45) is 4.48. The second kappa shape index (κ2) is 9.28. The number of anilines is 1. The van der Waals surface area contributed by atoms with E-state index < -0.39 is 10.0 Å². The molecule has 10 heteroatoms. The smallest absolute Gasteiger partial charge is 0.225 e. The van der Waals surface area contributed by atoms with Crippen LogP contribution in [0.2, 0.25) is 0 Å². The van der Waals surface area contributed by atoms with Gasteiger partial charge in [0.2, 0.25) is 21.9 Å². The Hall–Kier alpha value is -1.26. The molecule has 1 fully saturated rings. The fourth-order valence-corrected chi connectivity index (χ4v) is 4.00. The van der Waals surface area contributed by atoms with Crippen LogP contribution in [0.25, 0.3) is 0 Å². The topological polar surface area (TPSA) is 95.5 Å². The minimum atomic E-state index is -3.36. The lowest BCUT2D eigenvalue weighted by atomic mass is 10.3. The molecular formula is C14H22BrN5O3S. The first-order chi connectivity index (χ1) is 11.5. The molecule has 1 amide bonds. The number of sulfonamides is 1. The minimum Gasteiger partial charge on any atom is -0.355 e. The van der Waals surface area contributed by atoms with E-state index in [0.29, 0.717) is 38.5 Å². The van der Waals surface area contributed by atoms with Crippen LogP contribution in [-0.4, -0.2) is 72.4 Å². The highest BCUT2D eigenvalue weighted by atomic mass is 79.9. The van der Waals surface area contributed by atoms with Gasteiger partial charge in [0.1, 0.15) is 0 Å². The molecule has 1 aliphatic rings. The molecule has 1 aromatic rings. The van der Waals surface area contributed by atoms with Crippen LogP contribution < -0.4 is 10.2 Å². The average Bonchev–Trinajstić information content (AvgIpc) is 2.60. The first-order valence-electron chi connectivity index (χ1n) is 7.85. The first kappa shape index (κ1) is 19.1. The largest absolute Gasteiger partial charge is 0.355 e. The molecule has 0 bridgehead atoms. The first-order valence-corrected chi connectivity index (χ1v) is 10.6. The molecule has 0 spiro atoms. The normalized spacial score (nSPS) is 16.1. The van der Waals surface area contributed by atoms with Gasteiger partial charge in [-0.15, -0.1) is 0 Å². The Balaban J connectivity index is 1.76. The van der Waals surface area contributed by atoms with Gasteiger partial charge in [-0.2, -0.15) is 4.31 Å².